The Labute approximate surface area is 120 Å². The molecule has 0 spiro atoms. The molecule has 0 aliphatic heterocycles. The highest BCUT2D eigenvalue weighted by atomic mass is 79.9. The van der Waals surface area contributed by atoms with Crippen LogP contribution in [0.2, 0.25) is 0 Å². The van der Waals surface area contributed by atoms with E-state index in [4.69, 9.17) is 5.26 Å². The van der Waals surface area contributed by atoms with Crippen LogP contribution < -0.4 is 0 Å². The highest BCUT2D eigenvalue weighted by molar-refractivity contribution is 9.10. The van der Waals surface area contributed by atoms with Crippen LogP contribution in [0.1, 0.15) is 5.56 Å². The zero-order valence-corrected chi connectivity index (χ0v) is 11.4. The largest absolute Gasteiger partial charge is 0.282 e. The van der Waals surface area contributed by atoms with Crippen LogP contribution in [0.15, 0.2) is 34.9 Å². The Morgan fingerprint density at radius 1 is 1.15 bits per heavy atom. The van der Waals surface area contributed by atoms with Crippen LogP contribution in [0.3, 0.4) is 0 Å². The molecule has 0 unspecified atom stereocenters. The lowest BCUT2D eigenvalue weighted by Gasteiger charge is -2.04. The molecule has 0 fully saturated rings. The third kappa shape index (κ3) is 1.94. The van der Waals surface area contributed by atoms with Gasteiger partial charge >= 0.3 is 0 Å². The first-order valence-electron chi connectivity index (χ1n) is 5.50. The number of halogens is 3. The summed E-state index contributed by atoms with van der Waals surface area (Å²) in [4.78, 5) is 0. The molecule has 3 rings (SSSR count). The summed E-state index contributed by atoms with van der Waals surface area (Å²) < 4.78 is 29.6. The maximum absolute atomic E-state index is 13.9. The molecule has 0 saturated carbocycles. The van der Waals surface area contributed by atoms with Gasteiger partial charge in [0.25, 0.3) is 0 Å². The molecule has 2 heterocycles. The average Bonchev–Trinajstić information content (AvgIpc) is 2.80. The molecule has 0 atom stereocenters. The number of rotatable bonds is 1. The molecule has 0 amide bonds. The van der Waals surface area contributed by atoms with Crippen molar-refractivity contribution >= 4 is 21.6 Å². The fourth-order valence-corrected chi connectivity index (χ4v) is 2.29. The maximum atomic E-state index is 13.9. The van der Waals surface area contributed by atoms with Crippen LogP contribution in [-0.2, 0) is 0 Å². The van der Waals surface area contributed by atoms with Crippen LogP contribution in [0.25, 0.3) is 17.0 Å². The van der Waals surface area contributed by atoms with Crippen molar-refractivity contribution in [3.63, 3.8) is 0 Å². The highest BCUT2D eigenvalue weighted by Gasteiger charge is 2.18. The summed E-state index contributed by atoms with van der Waals surface area (Å²) in [7, 11) is 0. The van der Waals surface area contributed by atoms with E-state index in [1.807, 2.05) is 6.07 Å². The summed E-state index contributed by atoms with van der Waals surface area (Å²) in [5, 5.41) is 16.4. The Kier molecular flexibility index (Phi) is 2.95. The van der Waals surface area contributed by atoms with Gasteiger partial charge in [0.15, 0.2) is 11.5 Å². The Bertz CT molecular complexity index is 843. The lowest BCUT2D eigenvalue weighted by Crippen LogP contribution is -1.96. The number of hydrogen-bond acceptors (Lipinski definition) is 3. The Morgan fingerprint density at radius 3 is 2.50 bits per heavy atom. The fraction of sp³-hybridized carbons (Fsp3) is 0. The lowest BCUT2D eigenvalue weighted by atomic mass is 10.2. The molecule has 4 nitrogen and oxygen atoms in total. The van der Waals surface area contributed by atoms with E-state index in [1.165, 1.54) is 22.7 Å². The van der Waals surface area contributed by atoms with E-state index >= 15 is 0 Å². The van der Waals surface area contributed by atoms with Crippen molar-refractivity contribution in [1.29, 1.82) is 5.26 Å². The Morgan fingerprint density at radius 2 is 1.85 bits per heavy atom. The molecule has 98 valence electrons. The number of nitriles is 1. The molecule has 0 aliphatic rings. The molecule has 0 aliphatic carbocycles. The zero-order valence-electron chi connectivity index (χ0n) is 9.81. The second-order valence-electron chi connectivity index (χ2n) is 4.02. The number of benzene rings is 1. The number of hydrogen-bond donors (Lipinski definition) is 0. The van der Waals surface area contributed by atoms with E-state index < -0.39 is 11.6 Å². The molecular formula is C13H5BrF2N4. The molecular weight excluding hydrogens is 330 g/mol. The van der Waals surface area contributed by atoms with Gasteiger partial charge in [-0.1, -0.05) is 15.9 Å². The molecule has 0 N–H and O–H groups in total. The van der Waals surface area contributed by atoms with Gasteiger partial charge in [-0.05, 0) is 18.2 Å². The Balaban J connectivity index is 2.29. The smallest absolute Gasteiger partial charge is 0.174 e. The van der Waals surface area contributed by atoms with Crippen LogP contribution in [0, 0.1) is 23.0 Å². The van der Waals surface area contributed by atoms with Crippen LogP contribution in [0.5, 0.6) is 0 Å². The van der Waals surface area contributed by atoms with E-state index in [0.717, 1.165) is 12.1 Å². The van der Waals surface area contributed by atoms with Crippen molar-refractivity contribution in [2.24, 2.45) is 0 Å². The molecule has 0 radical (unpaired) electrons. The minimum absolute atomic E-state index is 0.0481. The van der Waals surface area contributed by atoms with E-state index in [9.17, 15) is 8.78 Å². The van der Waals surface area contributed by atoms with Gasteiger partial charge in [-0.25, -0.2) is 8.78 Å². The van der Waals surface area contributed by atoms with E-state index in [2.05, 4.69) is 26.1 Å². The third-order valence-electron chi connectivity index (χ3n) is 2.77. The molecule has 3 aromatic rings. The minimum atomic E-state index is -0.740. The summed E-state index contributed by atoms with van der Waals surface area (Å²) in [6.45, 7) is 0. The molecule has 20 heavy (non-hydrogen) atoms. The van der Waals surface area contributed by atoms with E-state index in [0.29, 0.717) is 15.7 Å². The average molecular weight is 335 g/mol. The van der Waals surface area contributed by atoms with Crippen molar-refractivity contribution in [2.75, 3.05) is 0 Å². The molecule has 7 heteroatoms. The predicted molar refractivity (Wildman–Crippen MR) is 70.8 cm³/mol. The Hall–Kier alpha value is -2.33. The first-order chi connectivity index (χ1) is 9.60. The number of aromatic nitrogens is 3. The summed E-state index contributed by atoms with van der Waals surface area (Å²) >= 11 is 3.02. The van der Waals surface area contributed by atoms with E-state index in [-0.39, 0.29) is 11.4 Å². The van der Waals surface area contributed by atoms with Gasteiger partial charge in [-0.3, -0.25) is 4.40 Å². The molecule has 0 saturated heterocycles. The molecule has 0 bridgehead atoms. The van der Waals surface area contributed by atoms with Gasteiger partial charge in [0.05, 0.1) is 17.2 Å². The highest BCUT2D eigenvalue weighted by Crippen LogP contribution is 2.28. The quantitative estimate of drug-likeness (QED) is 0.686. The monoisotopic (exact) mass is 334 g/mol. The van der Waals surface area contributed by atoms with Gasteiger partial charge in [-0.2, -0.15) is 5.26 Å². The van der Waals surface area contributed by atoms with Gasteiger partial charge in [0.1, 0.15) is 11.6 Å². The summed E-state index contributed by atoms with van der Waals surface area (Å²) in [5.74, 6) is -1.43. The first-order valence-corrected chi connectivity index (χ1v) is 6.29. The van der Waals surface area contributed by atoms with Crippen molar-refractivity contribution in [1.82, 2.24) is 14.6 Å². The van der Waals surface area contributed by atoms with Crippen molar-refractivity contribution < 1.29 is 8.78 Å². The van der Waals surface area contributed by atoms with E-state index in [1.54, 1.807) is 0 Å². The topological polar surface area (TPSA) is 54.0 Å². The lowest BCUT2D eigenvalue weighted by molar-refractivity contribution is 0.585. The summed E-state index contributed by atoms with van der Waals surface area (Å²) in [6.07, 6.45) is 1.50. The predicted octanol–water partition coefficient (Wildman–Crippen LogP) is 3.31. The molecule has 2 aromatic heterocycles. The van der Waals surface area contributed by atoms with Crippen LogP contribution in [-0.4, -0.2) is 14.6 Å². The second-order valence-corrected chi connectivity index (χ2v) is 4.94. The molecule has 1 aromatic carbocycles. The summed E-state index contributed by atoms with van der Waals surface area (Å²) in [6, 6.07) is 7.29. The first kappa shape index (κ1) is 12.7. The fourth-order valence-electron chi connectivity index (χ4n) is 1.89. The zero-order chi connectivity index (χ0) is 14.3. The number of nitrogens with zero attached hydrogens (tertiary/aromatic N) is 4. The summed E-state index contributed by atoms with van der Waals surface area (Å²) in [5.41, 5.74) is 0.486. The minimum Gasteiger partial charge on any atom is -0.282 e. The maximum Gasteiger partial charge on any atom is 0.174 e. The van der Waals surface area contributed by atoms with Gasteiger partial charge in [-0.15, -0.1) is 10.2 Å². The van der Waals surface area contributed by atoms with Gasteiger partial charge in [0, 0.05) is 16.7 Å². The van der Waals surface area contributed by atoms with Crippen LogP contribution >= 0.6 is 15.9 Å². The van der Waals surface area contributed by atoms with Crippen molar-refractivity contribution in [2.45, 2.75) is 0 Å². The SMILES string of the molecule is N#Cc1ccn2c(-c3c(F)cc(Br)cc3F)nnc2c1. The van der Waals surface area contributed by atoms with Crippen molar-refractivity contribution in [3.8, 4) is 17.5 Å². The normalized spacial score (nSPS) is 10.7. The second kappa shape index (κ2) is 4.65. The standard InChI is InChI=1S/C13H5BrF2N4/c14-8-4-9(15)12(10(16)5-8)13-19-18-11-3-7(6-17)1-2-20(11)13/h1-5H. The third-order valence-corrected chi connectivity index (χ3v) is 3.23. The van der Waals surface area contributed by atoms with Gasteiger partial charge < -0.3 is 0 Å². The van der Waals surface area contributed by atoms with Crippen molar-refractivity contribution in [3.05, 3.63) is 52.1 Å². The van der Waals surface area contributed by atoms with Gasteiger partial charge in [0.2, 0.25) is 0 Å². The van der Waals surface area contributed by atoms with Crippen LogP contribution in [0.4, 0.5) is 8.78 Å². The number of pyridine rings is 1. The number of fused-ring (bicyclic) bond motifs is 1.